The van der Waals surface area contributed by atoms with Gasteiger partial charge in [-0.1, -0.05) is 6.07 Å². The molecule has 2 heterocycles. The Morgan fingerprint density at radius 3 is 2.86 bits per heavy atom. The molecule has 0 bridgehead atoms. The number of benzene rings is 1. The topological polar surface area (TPSA) is 61.0 Å². The number of hydrogen-bond donors (Lipinski definition) is 2. The molecule has 1 aromatic rings. The van der Waals surface area contributed by atoms with Crippen LogP contribution in [0, 0.1) is 0 Å². The van der Waals surface area contributed by atoms with Crippen LogP contribution in [0.25, 0.3) is 0 Å². The summed E-state index contributed by atoms with van der Waals surface area (Å²) in [7, 11) is 0. The number of rotatable bonds is 4. The Morgan fingerprint density at radius 1 is 1.27 bits per heavy atom. The fourth-order valence-corrected chi connectivity index (χ4v) is 2.52. The maximum atomic E-state index is 5.71. The van der Waals surface area contributed by atoms with E-state index >= 15 is 0 Å². The van der Waals surface area contributed by atoms with Gasteiger partial charge in [-0.25, -0.2) is 0 Å². The zero-order chi connectivity index (χ0) is 15.6. The molecule has 120 valence electrons. The summed E-state index contributed by atoms with van der Waals surface area (Å²) < 4.78 is 21.9. The molecule has 1 aromatic carbocycles. The maximum Gasteiger partial charge on any atom is 0.231 e. The van der Waals surface area contributed by atoms with E-state index in [1.807, 2.05) is 32.0 Å². The van der Waals surface area contributed by atoms with Crippen molar-refractivity contribution in [3.05, 3.63) is 23.8 Å². The van der Waals surface area contributed by atoms with Gasteiger partial charge in [-0.3, -0.25) is 0 Å². The minimum Gasteiger partial charge on any atom is -0.454 e. The van der Waals surface area contributed by atoms with Crippen LogP contribution >= 0.6 is 12.2 Å². The fraction of sp³-hybridized carbons (Fsp3) is 0.533. The van der Waals surface area contributed by atoms with Gasteiger partial charge in [0.25, 0.3) is 0 Å². The highest BCUT2D eigenvalue weighted by Crippen LogP contribution is 2.32. The van der Waals surface area contributed by atoms with Crippen molar-refractivity contribution < 1.29 is 18.9 Å². The lowest BCUT2D eigenvalue weighted by atomic mass is 10.2. The Kier molecular flexibility index (Phi) is 4.37. The lowest BCUT2D eigenvalue weighted by molar-refractivity contribution is -0.137. The van der Waals surface area contributed by atoms with Crippen LogP contribution in [0.5, 0.6) is 11.5 Å². The largest absolute Gasteiger partial charge is 0.454 e. The van der Waals surface area contributed by atoms with Crippen LogP contribution in [-0.4, -0.2) is 36.9 Å². The van der Waals surface area contributed by atoms with Gasteiger partial charge in [-0.15, -0.1) is 0 Å². The Hall–Kier alpha value is -1.57. The van der Waals surface area contributed by atoms with E-state index in [0.717, 1.165) is 17.1 Å². The van der Waals surface area contributed by atoms with Crippen molar-refractivity contribution in [2.24, 2.45) is 0 Å². The quantitative estimate of drug-likeness (QED) is 0.815. The molecule has 1 fully saturated rings. The van der Waals surface area contributed by atoms with E-state index in [1.165, 1.54) is 0 Å². The van der Waals surface area contributed by atoms with Gasteiger partial charge in [-0.05, 0) is 43.8 Å². The summed E-state index contributed by atoms with van der Waals surface area (Å²) in [4.78, 5) is 0. The first-order chi connectivity index (χ1) is 10.5. The number of ether oxygens (including phenoxy) is 4. The Balaban J connectivity index is 1.41. The summed E-state index contributed by atoms with van der Waals surface area (Å²) in [6.07, 6.45) is 0.0142. The number of thiocarbonyl (C=S) groups is 1. The van der Waals surface area contributed by atoms with Crippen LogP contribution in [0.1, 0.15) is 19.4 Å². The molecule has 22 heavy (non-hydrogen) atoms. The van der Waals surface area contributed by atoms with Crippen LogP contribution in [0.15, 0.2) is 18.2 Å². The van der Waals surface area contributed by atoms with Gasteiger partial charge in [0.15, 0.2) is 22.4 Å². The second kappa shape index (κ2) is 6.28. The Labute approximate surface area is 135 Å². The van der Waals surface area contributed by atoms with E-state index in [2.05, 4.69) is 10.6 Å². The molecule has 0 amide bonds. The van der Waals surface area contributed by atoms with E-state index in [-0.39, 0.29) is 12.9 Å². The van der Waals surface area contributed by atoms with E-state index in [9.17, 15) is 0 Å². The lowest BCUT2D eigenvalue weighted by Gasteiger charge is -2.18. The highest BCUT2D eigenvalue weighted by atomic mass is 32.1. The molecule has 1 atom stereocenters. The fourth-order valence-electron chi connectivity index (χ4n) is 2.37. The van der Waals surface area contributed by atoms with Crippen LogP contribution in [0.3, 0.4) is 0 Å². The smallest absolute Gasteiger partial charge is 0.231 e. The normalized spacial score (nSPS) is 21.6. The standard InChI is InChI=1S/C15H20N2O4S/c1-15(2)20-8-11(21-15)7-17-14(22)16-6-10-3-4-12-13(5-10)19-9-18-12/h3-5,11H,6-9H2,1-2H3,(H2,16,17,22). The first kappa shape index (κ1) is 15.3. The van der Waals surface area contributed by atoms with Crippen molar-refractivity contribution in [1.82, 2.24) is 10.6 Å². The van der Waals surface area contributed by atoms with Crippen molar-refractivity contribution in [1.29, 1.82) is 0 Å². The van der Waals surface area contributed by atoms with Gasteiger partial charge in [-0.2, -0.15) is 0 Å². The molecular weight excluding hydrogens is 304 g/mol. The third kappa shape index (κ3) is 3.79. The molecule has 0 radical (unpaired) electrons. The van der Waals surface area contributed by atoms with Crippen molar-refractivity contribution >= 4 is 17.3 Å². The average molecular weight is 324 g/mol. The van der Waals surface area contributed by atoms with E-state index in [0.29, 0.717) is 24.8 Å². The van der Waals surface area contributed by atoms with Gasteiger partial charge >= 0.3 is 0 Å². The molecule has 2 aliphatic heterocycles. The van der Waals surface area contributed by atoms with Crippen LogP contribution in [0.2, 0.25) is 0 Å². The minimum absolute atomic E-state index is 0.0142. The second-order valence-electron chi connectivity index (χ2n) is 5.70. The molecule has 1 saturated heterocycles. The monoisotopic (exact) mass is 324 g/mol. The molecular formula is C15H20N2O4S. The number of hydrogen-bond acceptors (Lipinski definition) is 5. The van der Waals surface area contributed by atoms with Crippen LogP contribution < -0.4 is 20.1 Å². The SMILES string of the molecule is CC1(C)OCC(CNC(=S)NCc2ccc3c(c2)OCO3)O1. The predicted molar refractivity (Wildman–Crippen MR) is 84.9 cm³/mol. The summed E-state index contributed by atoms with van der Waals surface area (Å²) in [5.74, 6) is 1.05. The van der Waals surface area contributed by atoms with E-state index < -0.39 is 5.79 Å². The van der Waals surface area contributed by atoms with Gasteiger partial charge in [0, 0.05) is 13.1 Å². The molecule has 0 aliphatic carbocycles. The molecule has 0 saturated carbocycles. The first-order valence-corrected chi connectivity index (χ1v) is 7.65. The highest BCUT2D eigenvalue weighted by molar-refractivity contribution is 7.80. The van der Waals surface area contributed by atoms with Crippen molar-refractivity contribution in [2.75, 3.05) is 19.9 Å². The summed E-state index contributed by atoms with van der Waals surface area (Å²) in [5, 5.41) is 6.90. The van der Waals surface area contributed by atoms with Crippen LogP contribution in [-0.2, 0) is 16.0 Å². The molecule has 0 spiro atoms. The highest BCUT2D eigenvalue weighted by Gasteiger charge is 2.32. The van der Waals surface area contributed by atoms with Crippen LogP contribution in [0.4, 0.5) is 0 Å². The molecule has 1 unspecified atom stereocenters. The summed E-state index contributed by atoms with van der Waals surface area (Å²) >= 11 is 5.27. The third-order valence-corrected chi connectivity index (χ3v) is 3.74. The molecule has 2 aliphatic rings. The second-order valence-corrected chi connectivity index (χ2v) is 6.11. The summed E-state index contributed by atoms with van der Waals surface area (Å²) in [6.45, 7) is 5.91. The van der Waals surface area contributed by atoms with Crippen molar-refractivity contribution in [2.45, 2.75) is 32.3 Å². The summed E-state index contributed by atoms with van der Waals surface area (Å²) in [6, 6.07) is 5.84. The predicted octanol–water partition coefficient (Wildman–Crippen LogP) is 1.53. The van der Waals surface area contributed by atoms with E-state index in [1.54, 1.807) is 0 Å². The average Bonchev–Trinajstić information content (AvgIpc) is 3.08. The Bertz CT molecular complexity index is 564. The van der Waals surface area contributed by atoms with Crippen molar-refractivity contribution in [3.63, 3.8) is 0 Å². The molecule has 6 nitrogen and oxygen atoms in total. The molecule has 0 aromatic heterocycles. The van der Waals surface area contributed by atoms with E-state index in [4.69, 9.17) is 31.2 Å². The minimum atomic E-state index is -0.506. The van der Waals surface area contributed by atoms with Gasteiger partial charge < -0.3 is 29.6 Å². The maximum absolute atomic E-state index is 5.71. The Morgan fingerprint density at radius 2 is 2.09 bits per heavy atom. The first-order valence-electron chi connectivity index (χ1n) is 7.24. The molecule has 2 N–H and O–H groups in total. The van der Waals surface area contributed by atoms with Crippen molar-refractivity contribution in [3.8, 4) is 11.5 Å². The number of nitrogens with one attached hydrogen (secondary N) is 2. The molecule has 3 rings (SSSR count). The van der Waals surface area contributed by atoms with Gasteiger partial charge in [0.05, 0.1) is 6.61 Å². The van der Waals surface area contributed by atoms with Gasteiger partial charge in [0.1, 0.15) is 6.10 Å². The number of fused-ring (bicyclic) bond motifs is 1. The third-order valence-electron chi connectivity index (χ3n) is 3.45. The van der Waals surface area contributed by atoms with Gasteiger partial charge in [0.2, 0.25) is 6.79 Å². The zero-order valence-corrected chi connectivity index (χ0v) is 13.5. The lowest BCUT2D eigenvalue weighted by Crippen LogP contribution is -2.40. The summed E-state index contributed by atoms with van der Waals surface area (Å²) in [5.41, 5.74) is 1.08. The zero-order valence-electron chi connectivity index (χ0n) is 12.7. The molecule has 7 heteroatoms.